The molecule has 0 rings (SSSR count). The van der Waals surface area contributed by atoms with Crippen molar-refractivity contribution in [1.82, 2.24) is 0 Å². The van der Waals surface area contributed by atoms with Crippen LogP contribution in [-0.2, 0) is 4.79 Å². The van der Waals surface area contributed by atoms with Gasteiger partial charge in [0.05, 0.1) is 8.07 Å². The van der Waals surface area contributed by atoms with Gasteiger partial charge in [-0.15, -0.1) is 0 Å². The standard InChI is InChI=1S/C10H18OSi/c1-6-9(2)10(11)7-8-12(3,4)5/h6-8H,1-5H3/b8-7+,9-6+. The third-order valence-corrected chi connectivity index (χ3v) is 2.72. The fourth-order valence-electron chi connectivity index (χ4n) is 0.599. The van der Waals surface area contributed by atoms with E-state index in [2.05, 4.69) is 25.3 Å². The van der Waals surface area contributed by atoms with Crippen LogP contribution < -0.4 is 0 Å². The zero-order chi connectivity index (χ0) is 9.78. The van der Waals surface area contributed by atoms with E-state index in [0.717, 1.165) is 5.57 Å². The Labute approximate surface area is 76.2 Å². The van der Waals surface area contributed by atoms with Crippen LogP contribution in [0.25, 0.3) is 0 Å². The van der Waals surface area contributed by atoms with Gasteiger partial charge in [-0.05, 0) is 25.5 Å². The number of carbonyl (C=O) groups excluding carboxylic acids is 1. The summed E-state index contributed by atoms with van der Waals surface area (Å²) < 4.78 is 0. The summed E-state index contributed by atoms with van der Waals surface area (Å²) in [6, 6.07) is 0. The maximum Gasteiger partial charge on any atom is 0.180 e. The Bertz CT molecular complexity index is 218. The molecule has 0 spiro atoms. The number of rotatable bonds is 3. The van der Waals surface area contributed by atoms with Gasteiger partial charge in [0.25, 0.3) is 0 Å². The summed E-state index contributed by atoms with van der Waals surface area (Å²) >= 11 is 0. The molecule has 0 aliphatic heterocycles. The summed E-state index contributed by atoms with van der Waals surface area (Å²) in [5, 5.41) is 0. The van der Waals surface area contributed by atoms with Crippen molar-refractivity contribution in [3.8, 4) is 0 Å². The highest BCUT2D eigenvalue weighted by Gasteiger charge is 2.08. The molecule has 0 aliphatic rings. The maximum atomic E-state index is 11.3. The molecule has 68 valence electrons. The molecule has 0 aromatic rings. The quantitative estimate of drug-likeness (QED) is 0.484. The SMILES string of the molecule is C/C=C(\C)C(=O)/C=C/[Si](C)(C)C. The van der Waals surface area contributed by atoms with E-state index in [1.54, 1.807) is 6.08 Å². The summed E-state index contributed by atoms with van der Waals surface area (Å²) in [5.74, 6) is 0.139. The molecule has 0 N–H and O–H groups in total. The molecule has 0 amide bonds. The molecule has 12 heavy (non-hydrogen) atoms. The van der Waals surface area contributed by atoms with Gasteiger partial charge >= 0.3 is 0 Å². The van der Waals surface area contributed by atoms with Crippen LogP contribution in [0.15, 0.2) is 23.4 Å². The van der Waals surface area contributed by atoms with Crippen LogP contribution in [0.2, 0.25) is 19.6 Å². The van der Waals surface area contributed by atoms with Gasteiger partial charge < -0.3 is 0 Å². The maximum absolute atomic E-state index is 11.3. The zero-order valence-electron chi connectivity index (χ0n) is 8.64. The van der Waals surface area contributed by atoms with E-state index >= 15 is 0 Å². The largest absolute Gasteiger partial charge is 0.290 e. The van der Waals surface area contributed by atoms with Crippen molar-refractivity contribution < 1.29 is 4.79 Å². The van der Waals surface area contributed by atoms with Crippen molar-refractivity contribution in [2.75, 3.05) is 0 Å². The molecule has 0 bridgehead atoms. The smallest absolute Gasteiger partial charge is 0.180 e. The third-order valence-electron chi connectivity index (χ3n) is 1.56. The third kappa shape index (κ3) is 5.08. The molecule has 0 heterocycles. The normalized spacial score (nSPS) is 13.9. The second kappa shape index (κ2) is 4.41. The molecule has 0 fully saturated rings. The lowest BCUT2D eigenvalue weighted by molar-refractivity contribution is -0.111. The minimum absolute atomic E-state index is 0.139. The van der Waals surface area contributed by atoms with Gasteiger partial charge in [0.1, 0.15) is 0 Å². The van der Waals surface area contributed by atoms with Gasteiger partial charge in [-0.2, -0.15) is 0 Å². The van der Waals surface area contributed by atoms with E-state index in [1.807, 2.05) is 19.9 Å². The molecule has 0 saturated heterocycles. The van der Waals surface area contributed by atoms with Crippen LogP contribution in [0.3, 0.4) is 0 Å². The van der Waals surface area contributed by atoms with Crippen LogP contribution in [0.4, 0.5) is 0 Å². The van der Waals surface area contributed by atoms with E-state index in [1.165, 1.54) is 0 Å². The summed E-state index contributed by atoms with van der Waals surface area (Å²) in [7, 11) is -1.21. The van der Waals surface area contributed by atoms with Gasteiger partial charge in [-0.25, -0.2) is 0 Å². The van der Waals surface area contributed by atoms with Gasteiger partial charge in [-0.3, -0.25) is 4.79 Å². The second-order valence-electron chi connectivity index (χ2n) is 4.04. The van der Waals surface area contributed by atoms with Crippen LogP contribution in [-0.4, -0.2) is 13.9 Å². The zero-order valence-corrected chi connectivity index (χ0v) is 9.64. The number of allylic oxidation sites excluding steroid dienone is 3. The highest BCUT2D eigenvalue weighted by molar-refractivity contribution is 6.81. The molecular formula is C10H18OSi. The number of ketones is 1. The molecule has 0 aromatic carbocycles. The summed E-state index contributed by atoms with van der Waals surface area (Å²) in [6.07, 6.45) is 3.55. The second-order valence-corrected chi connectivity index (χ2v) is 9.10. The number of carbonyl (C=O) groups is 1. The molecule has 0 unspecified atom stereocenters. The molecule has 0 aromatic heterocycles. The van der Waals surface area contributed by atoms with Crippen molar-refractivity contribution in [2.45, 2.75) is 33.5 Å². The first kappa shape index (κ1) is 11.4. The van der Waals surface area contributed by atoms with Crippen LogP contribution in [0.1, 0.15) is 13.8 Å². The monoisotopic (exact) mass is 182 g/mol. The van der Waals surface area contributed by atoms with Crippen molar-refractivity contribution >= 4 is 13.9 Å². The first-order valence-corrected chi connectivity index (χ1v) is 7.81. The van der Waals surface area contributed by atoms with Crippen molar-refractivity contribution in [1.29, 1.82) is 0 Å². The first-order chi connectivity index (χ1) is 5.37. The van der Waals surface area contributed by atoms with E-state index in [4.69, 9.17) is 0 Å². The Balaban J connectivity index is 4.29. The lowest BCUT2D eigenvalue weighted by atomic mass is 10.2. The Morgan fingerprint density at radius 3 is 2.08 bits per heavy atom. The average molecular weight is 182 g/mol. The first-order valence-electron chi connectivity index (χ1n) is 4.23. The lowest BCUT2D eigenvalue weighted by Gasteiger charge is -2.07. The van der Waals surface area contributed by atoms with Gasteiger partial charge in [0, 0.05) is 0 Å². The fourth-order valence-corrected chi connectivity index (χ4v) is 1.25. The van der Waals surface area contributed by atoms with Crippen molar-refractivity contribution in [2.24, 2.45) is 0 Å². The lowest BCUT2D eigenvalue weighted by Crippen LogP contribution is -2.16. The van der Waals surface area contributed by atoms with Gasteiger partial charge in [0.15, 0.2) is 5.78 Å². The Morgan fingerprint density at radius 2 is 1.75 bits per heavy atom. The van der Waals surface area contributed by atoms with Crippen LogP contribution in [0.5, 0.6) is 0 Å². The molecular weight excluding hydrogens is 164 g/mol. The molecule has 2 heteroatoms. The van der Waals surface area contributed by atoms with Crippen molar-refractivity contribution in [3.63, 3.8) is 0 Å². The minimum Gasteiger partial charge on any atom is -0.290 e. The highest BCUT2D eigenvalue weighted by atomic mass is 28.3. The van der Waals surface area contributed by atoms with Gasteiger partial charge in [-0.1, -0.05) is 31.4 Å². The number of hydrogen-bond acceptors (Lipinski definition) is 1. The van der Waals surface area contributed by atoms with E-state index in [-0.39, 0.29) is 5.78 Å². The van der Waals surface area contributed by atoms with Gasteiger partial charge in [0.2, 0.25) is 0 Å². The minimum atomic E-state index is -1.21. The summed E-state index contributed by atoms with van der Waals surface area (Å²) in [5.41, 5.74) is 2.90. The fraction of sp³-hybridized carbons (Fsp3) is 0.500. The average Bonchev–Trinajstić information content (AvgIpc) is 1.97. The molecule has 0 radical (unpaired) electrons. The summed E-state index contributed by atoms with van der Waals surface area (Å²) in [6.45, 7) is 10.4. The predicted octanol–water partition coefficient (Wildman–Crippen LogP) is 2.96. The van der Waals surface area contributed by atoms with Crippen LogP contribution >= 0.6 is 0 Å². The molecule has 0 aliphatic carbocycles. The molecule has 1 nitrogen and oxygen atoms in total. The Kier molecular flexibility index (Phi) is 4.17. The van der Waals surface area contributed by atoms with E-state index < -0.39 is 8.07 Å². The van der Waals surface area contributed by atoms with Crippen molar-refractivity contribution in [3.05, 3.63) is 23.4 Å². The predicted molar refractivity (Wildman–Crippen MR) is 56.9 cm³/mol. The molecule has 0 saturated carbocycles. The Morgan fingerprint density at radius 1 is 1.25 bits per heavy atom. The summed E-state index contributed by atoms with van der Waals surface area (Å²) in [4.78, 5) is 11.3. The van der Waals surface area contributed by atoms with Crippen LogP contribution in [0, 0.1) is 0 Å². The van der Waals surface area contributed by atoms with E-state index in [0.29, 0.717) is 0 Å². The van der Waals surface area contributed by atoms with E-state index in [9.17, 15) is 4.79 Å². The number of hydrogen-bond donors (Lipinski definition) is 0. The molecule has 0 atom stereocenters. The highest BCUT2D eigenvalue weighted by Crippen LogP contribution is 2.03. The topological polar surface area (TPSA) is 17.1 Å². The Hall–Kier alpha value is -0.633.